The van der Waals surface area contributed by atoms with Gasteiger partial charge in [0.05, 0.1) is 18.8 Å². The number of benzene rings is 1. The van der Waals surface area contributed by atoms with Gasteiger partial charge in [0, 0.05) is 6.54 Å². The maximum atomic E-state index is 12.0. The third-order valence-electron chi connectivity index (χ3n) is 3.87. The third kappa shape index (κ3) is 4.36. The van der Waals surface area contributed by atoms with Gasteiger partial charge in [0.2, 0.25) is 0 Å². The molecule has 1 aliphatic rings. The molecule has 0 aliphatic heterocycles. The van der Waals surface area contributed by atoms with Crippen LogP contribution >= 0.6 is 0 Å². The number of rotatable bonds is 7. The van der Waals surface area contributed by atoms with Crippen molar-refractivity contribution < 1.29 is 14.6 Å². The summed E-state index contributed by atoms with van der Waals surface area (Å²) in [5.41, 5.74) is 0.463. The van der Waals surface area contributed by atoms with Gasteiger partial charge in [0.25, 0.3) is 0 Å². The molecule has 3 N–H and O–H groups in total. The summed E-state index contributed by atoms with van der Waals surface area (Å²) in [5, 5.41) is 15.2. The highest BCUT2D eigenvalue weighted by Gasteiger charge is 2.42. The number of nitrogens with one attached hydrogen (secondary N) is 2. The van der Waals surface area contributed by atoms with Crippen LogP contribution in [0.15, 0.2) is 24.3 Å². The molecule has 0 heterocycles. The van der Waals surface area contributed by atoms with E-state index < -0.39 is 5.54 Å². The first kappa shape index (κ1) is 15.6. The van der Waals surface area contributed by atoms with E-state index in [0.717, 1.165) is 24.2 Å². The zero-order valence-corrected chi connectivity index (χ0v) is 12.7. The Bertz CT molecular complexity index is 488. The SMILES string of the molecule is CCOc1cccc(CNC(=O)NC(C)(CO)C2CC2)c1. The Balaban J connectivity index is 1.84. The maximum Gasteiger partial charge on any atom is 0.315 e. The Morgan fingerprint density at radius 3 is 2.86 bits per heavy atom. The van der Waals surface area contributed by atoms with E-state index in [0.29, 0.717) is 19.1 Å². The van der Waals surface area contributed by atoms with Crippen molar-refractivity contribution in [3.8, 4) is 5.75 Å². The van der Waals surface area contributed by atoms with Crippen molar-refractivity contribution in [1.82, 2.24) is 10.6 Å². The molecule has 2 amide bonds. The van der Waals surface area contributed by atoms with Gasteiger partial charge in [-0.25, -0.2) is 4.79 Å². The van der Waals surface area contributed by atoms with Crippen molar-refractivity contribution in [2.24, 2.45) is 5.92 Å². The average Bonchev–Trinajstić information content (AvgIpc) is 3.31. The predicted octanol–water partition coefficient (Wildman–Crippen LogP) is 2.05. The molecule has 0 saturated heterocycles. The zero-order chi connectivity index (χ0) is 15.3. The number of hydrogen-bond acceptors (Lipinski definition) is 3. The van der Waals surface area contributed by atoms with Crippen LogP contribution in [-0.4, -0.2) is 29.9 Å². The van der Waals surface area contributed by atoms with Crippen LogP contribution in [0.1, 0.15) is 32.3 Å². The van der Waals surface area contributed by atoms with Crippen LogP contribution in [0.25, 0.3) is 0 Å². The Morgan fingerprint density at radius 2 is 2.24 bits per heavy atom. The minimum absolute atomic E-state index is 0.0368. The predicted molar refractivity (Wildman–Crippen MR) is 81.2 cm³/mol. The summed E-state index contributed by atoms with van der Waals surface area (Å²) in [6, 6.07) is 7.40. The molecule has 0 aromatic heterocycles. The highest BCUT2D eigenvalue weighted by atomic mass is 16.5. The molecule has 116 valence electrons. The summed E-state index contributed by atoms with van der Waals surface area (Å²) in [7, 11) is 0. The molecular weight excluding hydrogens is 268 g/mol. The molecule has 21 heavy (non-hydrogen) atoms. The van der Waals surface area contributed by atoms with Crippen LogP contribution in [0.4, 0.5) is 4.79 Å². The van der Waals surface area contributed by atoms with E-state index in [4.69, 9.17) is 4.74 Å². The van der Waals surface area contributed by atoms with Crippen molar-refractivity contribution in [3.63, 3.8) is 0 Å². The molecule has 5 heteroatoms. The van der Waals surface area contributed by atoms with Gasteiger partial charge in [-0.2, -0.15) is 0 Å². The number of hydrogen-bond donors (Lipinski definition) is 3. The largest absolute Gasteiger partial charge is 0.494 e. The molecule has 1 fully saturated rings. The maximum absolute atomic E-state index is 12.0. The number of aliphatic hydroxyl groups excluding tert-OH is 1. The fourth-order valence-electron chi connectivity index (χ4n) is 2.39. The molecule has 0 spiro atoms. The summed E-state index contributed by atoms with van der Waals surface area (Å²) < 4.78 is 5.43. The molecule has 1 unspecified atom stereocenters. The van der Waals surface area contributed by atoms with E-state index in [1.54, 1.807) is 0 Å². The van der Waals surface area contributed by atoms with Crippen molar-refractivity contribution in [1.29, 1.82) is 0 Å². The first-order valence-electron chi connectivity index (χ1n) is 7.46. The normalized spacial score (nSPS) is 16.9. The van der Waals surface area contributed by atoms with Gasteiger partial charge in [-0.15, -0.1) is 0 Å². The van der Waals surface area contributed by atoms with Gasteiger partial charge < -0.3 is 20.5 Å². The third-order valence-corrected chi connectivity index (χ3v) is 3.87. The van der Waals surface area contributed by atoms with Gasteiger partial charge in [-0.3, -0.25) is 0 Å². The lowest BCUT2D eigenvalue weighted by Gasteiger charge is -2.28. The van der Waals surface area contributed by atoms with Gasteiger partial charge in [-0.05, 0) is 50.3 Å². The highest BCUT2D eigenvalue weighted by molar-refractivity contribution is 5.74. The van der Waals surface area contributed by atoms with Gasteiger partial charge in [0.1, 0.15) is 5.75 Å². The average molecular weight is 292 g/mol. The Labute approximate surface area is 125 Å². The fraction of sp³-hybridized carbons (Fsp3) is 0.562. The molecule has 0 radical (unpaired) electrons. The number of ether oxygens (including phenoxy) is 1. The van der Waals surface area contributed by atoms with Crippen LogP contribution in [0, 0.1) is 5.92 Å². The molecule has 1 aliphatic carbocycles. The van der Waals surface area contributed by atoms with E-state index in [2.05, 4.69) is 10.6 Å². The lowest BCUT2D eigenvalue weighted by molar-refractivity contribution is 0.155. The van der Waals surface area contributed by atoms with Crippen molar-refractivity contribution in [2.75, 3.05) is 13.2 Å². The Hall–Kier alpha value is -1.75. The second kappa shape index (κ2) is 6.80. The molecule has 2 rings (SSSR count). The quantitative estimate of drug-likeness (QED) is 0.720. The van der Waals surface area contributed by atoms with Crippen LogP contribution in [-0.2, 0) is 6.54 Å². The summed E-state index contributed by atoms with van der Waals surface area (Å²) in [5.74, 6) is 1.19. The van der Waals surface area contributed by atoms with Gasteiger partial charge in [0.15, 0.2) is 0 Å². The smallest absolute Gasteiger partial charge is 0.315 e. The van der Waals surface area contributed by atoms with Crippen molar-refractivity contribution in [3.05, 3.63) is 29.8 Å². The Morgan fingerprint density at radius 1 is 1.48 bits per heavy atom. The summed E-state index contributed by atoms with van der Waals surface area (Å²) in [6.07, 6.45) is 2.13. The lowest BCUT2D eigenvalue weighted by atomic mass is 9.97. The van der Waals surface area contributed by atoms with Crippen LogP contribution < -0.4 is 15.4 Å². The zero-order valence-electron chi connectivity index (χ0n) is 12.7. The van der Waals surface area contributed by atoms with Gasteiger partial charge in [-0.1, -0.05) is 12.1 Å². The second-order valence-electron chi connectivity index (χ2n) is 5.74. The van der Waals surface area contributed by atoms with E-state index in [1.165, 1.54) is 0 Å². The first-order chi connectivity index (χ1) is 10.1. The molecule has 5 nitrogen and oxygen atoms in total. The molecule has 0 bridgehead atoms. The van der Waals surface area contributed by atoms with E-state index >= 15 is 0 Å². The van der Waals surface area contributed by atoms with Crippen LogP contribution in [0.2, 0.25) is 0 Å². The Kier molecular flexibility index (Phi) is 5.07. The van der Waals surface area contributed by atoms with E-state index in [1.807, 2.05) is 38.1 Å². The topological polar surface area (TPSA) is 70.6 Å². The highest BCUT2D eigenvalue weighted by Crippen LogP contribution is 2.39. The number of aliphatic hydroxyl groups is 1. The van der Waals surface area contributed by atoms with Crippen molar-refractivity contribution in [2.45, 2.75) is 38.8 Å². The molecule has 1 aromatic carbocycles. The molecular formula is C16H24N2O3. The second-order valence-corrected chi connectivity index (χ2v) is 5.74. The molecule has 1 aromatic rings. The number of carbonyl (C=O) groups is 1. The summed E-state index contributed by atoms with van der Waals surface area (Å²) in [4.78, 5) is 12.0. The minimum Gasteiger partial charge on any atom is -0.494 e. The number of carbonyl (C=O) groups excluding carboxylic acids is 1. The standard InChI is InChI=1S/C16H24N2O3/c1-3-21-14-6-4-5-12(9-14)10-17-15(20)18-16(2,11-19)13-7-8-13/h4-6,9,13,19H,3,7-8,10-11H2,1-2H3,(H2,17,18,20). The summed E-state index contributed by atoms with van der Waals surface area (Å²) >= 11 is 0. The molecule has 1 atom stereocenters. The first-order valence-corrected chi connectivity index (χ1v) is 7.46. The van der Waals surface area contributed by atoms with E-state index in [9.17, 15) is 9.90 Å². The summed E-state index contributed by atoms with van der Waals surface area (Å²) in [6.45, 7) is 4.84. The number of amides is 2. The number of urea groups is 1. The fourth-order valence-corrected chi connectivity index (χ4v) is 2.39. The van der Waals surface area contributed by atoms with Crippen molar-refractivity contribution >= 4 is 6.03 Å². The van der Waals surface area contributed by atoms with Crippen LogP contribution in [0.5, 0.6) is 5.75 Å². The minimum atomic E-state index is -0.517. The van der Waals surface area contributed by atoms with Gasteiger partial charge >= 0.3 is 6.03 Å². The van der Waals surface area contributed by atoms with Crippen LogP contribution in [0.3, 0.4) is 0 Å². The molecule has 1 saturated carbocycles. The van der Waals surface area contributed by atoms with E-state index in [-0.39, 0.29) is 12.6 Å². The lowest BCUT2D eigenvalue weighted by Crippen LogP contribution is -2.53. The monoisotopic (exact) mass is 292 g/mol.